The van der Waals surface area contributed by atoms with Crippen molar-refractivity contribution in [2.45, 2.75) is 69.6 Å². The average Bonchev–Trinajstić information content (AvgIpc) is 3.22. The van der Waals surface area contributed by atoms with Gasteiger partial charge in [0.05, 0.1) is 6.10 Å². The predicted octanol–water partition coefficient (Wildman–Crippen LogP) is 2.99. The summed E-state index contributed by atoms with van der Waals surface area (Å²) in [5.74, 6) is 0.909. The molecule has 0 aromatic carbocycles. The van der Waals surface area contributed by atoms with Crippen LogP contribution in [0.4, 0.5) is 0 Å². The minimum absolute atomic E-state index is 0. The van der Waals surface area contributed by atoms with Gasteiger partial charge in [0.1, 0.15) is 0 Å². The number of ether oxygens (including phenoxy) is 1. The standard InChI is InChI=1S/C15H28N2O.2ClH/c16-13-7-9-17(10-8-13)14-3-5-15(6-4-14)18-11-12-1-2-12;;/h12-15H,1-11,16H2;2*1H. The average molecular weight is 325 g/mol. The van der Waals surface area contributed by atoms with E-state index in [9.17, 15) is 0 Å². The SMILES string of the molecule is Cl.Cl.NC1CCN(C2CCC(OCC3CC3)CC2)CC1. The molecule has 0 unspecified atom stereocenters. The number of hydrogen-bond donors (Lipinski definition) is 1. The second-order valence-corrected chi connectivity index (χ2v) is 6.58. The van der Waals surface area contributed by atoms with E-state index in [1.165, 1.54) is 64.5 Å². The molecule has 2 N–H and O–H groups in total. The molecule has 20 heavy (non-hydrogen) atoms. The molecule has 0 spiro atoms. The first-order chi connectivity index (χ1) is 8.81. The van der Waals surface area contributed by atoms with Crippen molar-refractivity contribution < 1.29 is 4.74 Å². The van der Waals surface area contributed by atoms with Crippen LogP contribution in [-0.2, 0) is 4.74 Å². The molecule has 0 aromatic rings. The molecule has 2 saturated carbocycles. The first-order valence-electron chi connectivity index (χ1n) is 7.92. The van der Waals surface area contributed by atoms with E-state index >= 15 is 0 Å². The molecular formula is C15H30Cl2N2O. The summed E-state index contributed by atoms with van der Waals surface area (Å²) in [5.41, 5.74) is 5.98. The zero-order chi connectivity index (χ0) is 12.4. The Bertz CT molecular complexity index is 261. The fourth-order valence-electron chi connectivity index (χ4n) is 3.42. The highest BCUT2D eigenvalue weighted by Crippen LogP contribution is 2.32. The van der Waals surface area contributed by atoms with Crippen LogP contribution in [0.1, 0.15) is 51.4 Å². The van der Waals surface area contributed by atoms with E-state index < -0.39 is 0 Å². The molecule has 0 bridgehead atoms. The molecule has 5 heteroatoms. The summed E-state index contributed by atoms with van der Waals surface area (Å²) in [7, 11) is 0. The fourth-order valence-corrected chi connectivity index (χ4v) is 3.42. The Kier molecular flexibility index (Phi) is 8.14. The van der Waals surface area contributed by atoms with Gasteiger partial charge in [0.2, 0.25) is 0 Å². The Balaban J connectivity index is 0.000001000. The fraction of sp³-hybridized carbons (Fsp3) is 1.00. The van der Waals surface area contributed by atoms with Crippen LogP contribution < -0.4 is 5.73 Å². The van der Waals surface area contributed by atoms with Gasteiger partial charge in [-0.1, -0.05) is 0 Å². The van der Waals surface area contributed by atoms with E-state index in [1.54, 1.807) is 0 Å². The lowest BCUT2D eigenvalue weighted by molar-refractivity contribution is -0.000892. The van der Waals surface area contributed by atoms with Crippen LogP contribution in [0.15, 0.2) is 0 Å². The number of hydrogen-bond acceptors (Lipinski definition) is 3. The van der Waals surface area contributed by atoms with Crippen molar-refractivity contribution in [3.63, 3.8) is 0 Å². The lowest BCUT2D eigenvalue weighted by Crippen LogP contribution is -2.46. The van der Waals surface area contributed by atoms with Gasteiger partial charge in [0, 0.05) is 18.7 Å². The highest BCUT2D eigenvalue weighted by Gasteiger charge is 2.29. The van der Waals surface area contributed by atoms with Crippen molar-refractivity contribution in [3.05, 3.63) is 0 Å². The summed E-state index contributed by atoms with van der Waals surface area (Å²) < 4.78 is 6.02. The van der Waals surface area contributed by atoms with Crippen LogP contribution in [0.2, 0.25) is 0 Å². The monoisotopic (exact) mass is 324 g/mol. The molecule has 3 fully saturated rings. The highest BCUT2D eigenvalue weighted by atomic mass is 35.5. The van der Waals surface area contributed by atoms with Gasteiger partial charge in [-0.25, -0.2) is 0 Å². The first-order valence-corrected chi connectivity index (χ1v) is 7.92. The number of piperidine rings is 1. The minimum atomic E-state index is 0. The van der Waals surface area contributed by atoms with E-state index in [0.717, 1.165) is 18.6 Å². The van der Waals surface area contributed by atoms with Gasteiger partial charge in [-0.05, 0) is 70.4 Å². The van der Waals surface area contributed by atoms with Crippen molar-refractivity contribution in [1.29, 1.82) is 0 Å². The third kappa shape index (κ3) is 5.34. The number of rotatable bonds is 4. The predicted molar refractivity (Wildman–Crippen MR) is 88.0 cm³/mol. The van der Waals surface area contributed by atoms with Gasteiger partial charge >= 0.3 is 0 Å². The van der Waals surface area contributed by atoms with E-state index in [2.05, 4.69) is 4.90 Å². The largest absolute Gasteiger partial charge is 0.378 e. The molecule has 1 saturated heterocycles. The van der Waals surface area contributed by atoms with Crippen molar-refractivity contribution >= 4 is 24.8 Å². The van der Waals surface area contributed by atoms with Crippen LogP contribution >= 0.6 is 24.8 Å². The van der Waals surface area contributed by atoms with Crippen LogP contribution in [0.5, 0.6) is 0 Å². The van der Waals surface area contributed by atoms with Gasteiger partial charge in [0.15, 0.2) is 0 Å². The topological polar surface area (TPSA) is 38.5 Å². The van der Waals surface area contributed by atoms with Crippen molar-refractivity contribution in [1.82, 2.24) is 4.90 Å². The maximum absolute atomic E-state index is 6.02. The maximum Gasteiger partial charge on any atom is 0.0576 e. The van der Waals surface area contributed by atoms with Gasteiger partial charge in [-0.3, -0.25) is 0 Å². The van der Waals surface area contributed by atoms with Gasteiger partial charge in [0.25, 0.3) is 0 Å². The van der Waals surface area contributed by atoms with Crippen molar-refractivity contribution in [2.75, 3.05) is 19.7 Å². The quantitative estimate of drug-likeness (QED) is 0.863. The molecule has 0 aromatic heterocycles. The van der Waals surface area contributed by atoms with Crippen molar-refractivity contribution in [3.8, 4) is 0 Å². The summed E-state index contributed by atoms with van der Waals surface area (Å²) in [6, 6.07) is 1.28. The minimum Gasteiger partial charge on any atom is -0.378 e. The third-order valence-electron chi connectivity index (χ3n) is 5.00. The summed E-state index contributed by atoms with van der Waals surface area (Å²) in [5, 5.41) is 0. The molecule has 120 valence electrons. The van der Waals surface area contributed by atoms with Gasteiger partial charge in [-0.15, -0.1) is 24.8 Å². The Labute approximate surface area is 135 Å². The van der Waals surface area contributed by atoms with Crippen LogP contribution in [0.3, 0.4) is 0 Å². The molecule has 0 amide bonds. The lowest BCUT2D eigenvalue weighted by atomic mass is 9.90. The number of likely N-dealkylation sites (tertiary alicyclic amines) is 1. The first kappa shape index (κ1) is 18.5. The Morgan fingerprint density at radius 1 is 0.850 bits per heavy atom. The summed E-state index contributed by atoms with van der Waals surface area (Å²) >= 11 is 0. The molecular weight excluding hydrogens is 295 g/mol. The molecule has 1 heterocycles. The lowest BCUT2D eigenvalue weighted by Gasteiger charge is -2.40. The Morgan fingerprint density at radius 3 is 2.00 bits per heavy atom. The molecule has 0 atom stereocenters. The number of nitrogens with zero attached hydrogens (tertiary/aromatic N) is 1. The maximum atomic E-state index is 6.02. The normalized spacial score (nSPS) is 32.2. The van der Waals surface area contributed by atoms with Gasteiger partial charge in [-0.2, -0.15) is 0 Å². The van der Waals surface area contributed by atoms with E-state index in [-0.39, 0.29) is 24.8 Å². The number of nitrogens with two attached hydrogens (primary N) is 1. The Hall–Kier alpha value is 0.460. The summed E-state index contributed by atoms with van der Waals surface area (Å²) in [6.07, 6.45) is 11.0. The van der Waals surface area contributed by atoms with Crippen LogP contribution in [0.25, 0.3) is 0 Å². The molecule has 1 aliphatic heterocycles. The van der Waals surface area contributed by atoms with E-state index in [1.807, 2.05) is 0 Å². The van der Waals surface area contributed by atoms with E-state index in [4.69, 9.17) is 10.5 Å². The van der Waals surface area contributed by atoms with Crippen LogP contribution in [0, 0.1) is 5.92 Å². The zero-order valence-corrected chi connectivity index (χ0v) is 14.0. The zero-order valence-electron chi connectivity index (χ0n) is 12.3. The third-order valence-corrected chi connectivity index (χ3v) is 5.00. The Morgan fingerprint density at radius 2 is 1.45 bits per heavy atom. The van der Waals surface area contributed by atoms with Crippen molar-refractivity contribution in [2.24, 2.45) is 11.7 Å². The van der Waals surface area contributed by atoms with Crippen LogP contribution in [-0.4, -0.2) is 42.8 Å². The summed E-state index contributed by atoms with van der Waals surface area (Å²) in [4.78, 5) is 2.68. The smallest absolute Gasteiger partial charge is 0.0576 e. The van der Waals surface area contributed by atoms with Gasteiger partial charge < -0.3 is 15.4 Å². The molecule has 2 aliphatic carbocycles. The second-order valence-electron chi connectivity index (χ2n) is 6.58. The highest BCUT2D eigenvalue weighted by molar-refractivity contribution is 5.85. The summed E-state index contributed by atoms with van der Waals surface area (Å²) in [6.45, 7) is 3.48. The van der Waals surface area contributed by atoms with E-state index in [0.29, 0.717) is 12.1 Å². The molecule has 3 aliphatic rings. The molecule has 0 radical (unpaired) electrons. The molecule has 3 nitrogen and oxygen atoms in total. The molecule has 3 rings (SSSR count). The second kappa shape index (κ2) is 8.79. The number of halogens is 2.